The van der Waals surface area contributed by atoms with Gasteiger partial charge < -0.3 is 15.2 Å². The lowest BCUT2D eigenvalue weighted by molar-refractivity contribution is -0.135. The number of carbonyl (C=O) groups excluding carboxylic acids is 1. The number of rotatable bonds is 10. The van der Waals surface area contributed by atoms with Crippen molar-refractivity contribution in [2.24, 2.45) is 5.92 Å². The van der Waals surface area contributed by atoms with Crippen molar-refractivity contribution >= 4 is 17.5 Å². The Morgan fingerprint density at radius 2 is 2.03 bits per heavy atom. The molecule has 1 fully saturated rings. The number of hydrogen-bond acceptors (Lipinski definition) is 5. The summed E-state index contributed by atoms with van der Waals surface area (Å²) in [5.41, 5.74) is -0.948. The number of hydrogen-bond donors (Lipinski definition) is 2. The van der Waals surface area contributed by atoms with E-state index in [0.717, 1.165) is 18.9 Å². The maximum atomic E-state index is 13.2. The molecule has 0 aliphatic heterocycles. The lowest BCUT2D eigenvalue weighted by atomic mass is 9.79. The molecular formula is C24H30ClF5N4O3. The summed E-state index contributed by atoms with van der Waals surface area (Å²) < 4.78 is 69.7. The van der Waals surface area contributed by atoms with Crippen LogP contribution in [-0.4, -0.2) is 50.7 Å². The van der Waals surface area contributed by atoms with Crippen LogP contribution in [0.3, 0.4) is 0 Å². The van der Waals surface area contributed by atoms with E-state index in [9.17, 15) is 31.9 Å². The number of amides is 1. The molecule has 0 aromatic carbocycles. The van der Waals surface area contributed by atoms with E-state index in [-0.39, 0.29) is 59.3 Å². The van der Waals surface area contributed by atoms with Gasteiger partial charge in [0.2, 0.25) is 0 Å². The second kappa shape index (κ2) is 11.9. The van der Waals surface area contributed by atoms with Gasteiger partial charge in [0.1, 0.15) is 5.75 Å². The minimum Gasteiger partial charge on any atom is -0.434 e. The Kier molecular flexibility index (Phi) is 9.38. The first-order valence-corrected chi connectivity index (χ1v) is 12.5. The monoisotopic (exact) mass is 552 g/mol. The fraction of sp³-hybridized carbons (Fsp3) is 0.625. The summed E-state index contributed by atoms with van der Waals surface area (Å²) in [7, 11) is 0. The molecule has 0 unspecified atom stereocenters. The predicted octanol–water partition coefficient (Wildman–Crippen LogP) is 5.78. The van der Waals surface area contributed by atoms with Gasteiger partial charge >= 0.3 is 12.8 Å². The zero-order chi connectivity index (χ0) is 27.4. The van der Waals surface area contributed by atoms with Crippen LogP contribution in [0, 0.1) is 5.92 Å². The number of halogens is 6. The number of pyridine rings is 1. The summed E-state index contributed by atoms with van der Waals surface area (Å²) in [6.45, 7) is 0.811. The van der Waals surface area contributed by atoms with E-state index >= 15 is 0 Å². The van der Waals surface area contributed by atoms with Crippen LogP contribution < -0.4 is 10.1 Å². The largest absolute Gasteiger partial charge is 0.434 e. The van der Waals surface area contributed by atoms with Crippen LogP contribution in [0.1, 0.15) is 68.6 Å². The van der Waals surface area contributed by atoms with Gasteiger partial charge in [-0.2, -0.15) is 27.1 Å². The van der Waals surface area contributed by atoms with E-state index in [2.05, 4.69) is 27.1 Å². The number of alkyl halides is 5. The third-order valence-electron chi connectivity index (χ3n) is 6.48. The number of nitrogens with one attached hydrogen (secondary N) is 1. The zero-order valence-electron chi connectivity index (χ0n) is 20.5. The fourth-order valence-electron chi connectivity index (χ4n) is 4.33. The summed E-state index contributed by atoms with van der Waals surface area (Å²) in [6.07, 6.45) is -1.81. The summed E-state index contributed by atoms with van der Waals surface area (Å²) >= 11 is 6.49. The van der Waals surface area contributed by atoms with E-state index < -0.39 is 30.7 Å². The summed E-state index contributed by atoms with van der Waals surface area (Å²) in [6, 6.07) is 1.14. The Balaban J connectivity index is 1.86. The topological polar surface area (TPSA) is 89.3 Å². The first kappa shape index (κ1) is 29.1. The van der Waals surface area contributed by atoms with E-state index in [1.54, 1.807) is 6.92 Å². The van der Waals surface area contributed by atoms with Crippen molar-refractivity contribution in [3.05, 3.63) is 28.7 Å². The maximum Gasteiger partial charge on any atom is 0.389 e. The van der Waals surface area contributed by atoms with Crippen molar-refractivity contribution in [1.82, 2.24) is 20.1 Å². The highest BCUT2D eigenvalue weighted by Gasteiger charge is 2.33. The summed E-state index contributed by atoms with van der Waals surface area (Å²) in [5.74, 6) is -0.484. The molecule has 2 aromatic rings. The zero-order valence-corrected chi connectivity index (χ0v) is 21.3. The quantitative estimate of drug-likeness (QED) is 0.365. The average molecular weight is 553 g/mol. The second-order valence-electron chi connectivity index (χ2n) is 9.44. The highest BCUT2D eigenvalue weighted by atomic mass is 35.5. The van der Waals surface area contributed by atoms with Crippen molar-refractivity contribution in [2.45, 2.75) is 83.7 Å². The van der Waals surface area contributed by atoms with E-state index in [1.165, 1.54) is 10.9 Å². The van der Waals surface area contributed by atoms with Crippen LogP contribution in [0.5, 0.6) is 5.75 Å². The fourth-order valence-corrected chi connectivity index (χ4v) is 4.65. The third kappa shape index (κ3) is 7.76. The molecule has 1 saturated carbocycles. The van der Waals surface area contributed by atoms with Crippen molar-refractivity contribution in [3.8, 4) is 17.0 Å². The van der Waals surface area contributed by atoms with Crippen LogP contribution in [0.25, 0.3) is 11.3 Å². The molecule has 3 rings (SSSR count). The second-order valence-corrected chi connectivity index (χ2v) is 9.81. The number of aliphatic hydroxyl groups is 1. The number of aryl methyl sites for hydroxylation is 2. The van der Waals surface area contributed by atoms with E-state index in [0.29, 0.717) is 18.8 Å². The Bertz CT molecular complexity index is 1090. The molecule has 2 aromatic heterocycles. The van der Waals surface area contributed by atoms with Gasteiger partial charge in [0.05, 0.1) is 21.9 Å². The van der Waals surface area contributed by atoms with Gasteiger partial charge in [-0.1, -0.05) is 18.5 Å². The molecule has 0 saturated heterocycles. The first-order valence-electron chi connectivity index (χ1n) is 12.1. The summed E-state index contributed by atoms with van der Waals surface area (Å²) in [5, 5.41) is 17.5. The molecule has 7 nitrogen and oxygen atoms in total. The van der Waals surface area contributed by atoms with Crippen LogP contribution >= 0.6 is 11.6 Å². The molecule has 1 aliphatic rings. The maximum absolute atomic E-state index is 13.2. The first-order chi connectivity index (χ1) is 17.3. The normalized spacial score (nSPS) is 20.3. The van der Waals surface area contributed by atoms with Crippen LogP contribution in [0.2, 0.25) is 5.02 Å². The minimum atomic E-state index is -4.34. The van der Waals surface area contributed by atoms with Crippen molar-refractivity contribution in [2.75, 3.05) is 6.54 Å². The molecule has 0 atom stereocenters. The average Bonchev–Trinajstić information content (AvgIpc) is 3.15. The molecule has 0 bridgehead atoms. The number of nitrogens with zero attached hydrogens (tertiary/aromatic N) is 3. The van der Waals surface area contributed by atoms with Crippen LogP contribution in [-0.2, 0) is 13.0 Å². The SMILES string of the molecule is CCn1nc(C(=O)NCC2(O)CCC(C)CC2)c(Cl)c1-c1cnc(CCCC(F)(F)F)cc1OC(F)F. The molecule has 1 amide bonds. The van der Waals surface area contributed by atoms with Gasteiger partial charge in [-0.3, -0.25) is 14.5 Å². The molecule has 206 valence electrons. The lowest BCUT2D eigenvalue weighted by Crippen LogP contribution is -2.45. The lowest BCUT2D eigenvalue weighted by Gasteiger charge is -2.34. The Morgan fingerprint density at radius 3 is 2.62 bits per heavy atom. The Labute approximate surface area is 216 Å². The molecule has 0 radical (unpaired) electrons. The standard InChI is InChI=1S/C24H30ClF5N4O3/c1-3-34-20(16-12-31-15(5-4-8-24(28,29)30)11-17(16)37-22(26)27)18(25)19(33-34)21(35)32-13-23(36)9-6-14(2)7-10-23/h11-12,14,22,36H,3-10,13H2,1-2H3,(H,32,35). The van der Waals surface area contributed by atoms with Gasteiger partial charge in [0, 0.05) is 37.5 Å². The summed E-state index contributed by atoms with van der Waals surface area (Å²) in [4.78, 5) is 17.0. The molecular weight excluding hydrogens is 523 g/mol. The van der Waals surface area contributed by atoms with Gasteiger partial charge in [-0.05, 0) is 51.4 Å². The molecule has 2 N–H and O–H groups in total. The highest BCUT2D eigenvalue weighted by molar-refractivity contribution is 6.36. The predicted molar refractivity (Wildman–Crippen MR) is 127 cm³/mol. The van der Waals surface area contributed by atoms with Crippen LogP contribution in [0.4, 0.5) is 22.0 Å². The minimum absolute atomic E-state index is 0.0110. The molecule has 1 aliphatic carbocycles. The number of aromatic nitrogens is 3. The van der Waals surface area contributed by atoms with Gasteiger partial charge in [0.15, 0.2) is 5.69 Å². The molecule has 13 heteroatoms. The van der Waals surface area contributed by atoms with Gasteiger partial charge in [0.25, 0.3) is 5.91 Å². The van der Waals surface area contributed by atoms with Crippen LogP contribution in [0.15, 0.2) is 12.3 Å². The Morgan fingerprint density at radius 1 is 1.35 bits per heavy atom. The van der Waals surface area contributed by atoms with Crippen molar-refractivity contribution < 1.29 is 36.6 Å². The van der Waals surface area contributed by atoms with Crippen molar-refractivity contribution in [1.29, 1.82) is 0 Å². The smallest absolute Gasteiger partial charge is 0.389 e. The third-order valence-corrected chi connectivity index (χ3v) is 6.84. The van der Waals surface area contributed by atoms with E-state index in [4.69, 9.17) is 11.6 Å². The molecule has 0 spiro atoms. The van der Waals surface area contributed by atoms with Gasteiger partial charge in [-0.15, -0.1) is 0 Å². The number of carbonyl (C=O) groups is 1. The molecule has 2 heterocycles. The van der Waals surface area contributed by atoms with Crippen molar-refractivity contribution in [3.63, 3.8) is 0 Å². The van der Waals surface area contributed by atoms with Gasteiger partial charge in [-0.25, -0.2) is 0 Å². The highest BCUT2D eigenvalue weighted by Crippen LogP contribution is 2.38. The van der Waals surface area contributed by atoms with E-state index in [1.807, 2.05) is 0 Å². The number of ether oxygens (including phenoxy) is 1. The molecule has 37 heavy (non-hydrogen) atoms. The Hall–Kier alpha value is -2.47.